The SMILES string of the molecule is c1ccc(-c2cc3ccccc3c3c2C[P+]2(Cc4ccc5ccccc5c4-c4c(ccc5ccccc45)C2)Cc2c(-c4ccccc4)cc4ccccc4c2-3)cc1. The van der Waals surface area contributed by atoms with Crippen molar-refractivity contribution < 1.29 is 0 Å². The van der Waals surface area contributed by atoms with Crippen molar-refractivity contribution in [1.29, 1.82) is 0 Å². The first-order chi connectivity index (χ1) is 28.2. The number of fused-ring (bicyclic) bond motifs is 14. The first-order valence-electron chi connectivity index (χ1n) is 20.3. The monoisotopic (exact) mass is 743 g/mol. The lowest BCUT2D eigenvalue weighted by atomic mass is 9.82. The number of hydrogen-bond acceptors (Lipinski definition) is 0. The van der Waals surface area contributed by atoms with Crippen molar-refractivity contribution in [2.24, 2.45) is 0 Å². The van der Waals surface area contributed by atoms with Crippen LogP contribution in [0.4, 0.5) is 0 Å². The van der Waals surface area contributed by atoms with Gasteiger partial charge in [-0.25, -0.2) is 0 Å². The summed E-state index contributed by atoms with van der Waals surface area (Å²) in [7, 11) is -1.91. The Labute approximate surface area is 334 Å². The highest BCUT2D eigenvalue weighted by Gasteiger charge is 2.47. The quantitative estimate of drug-likeness (QED) is 0.155. The molecule has 1 heteroatoms. The summed E-state index contributed by atoms with van der Waals surface area (Å²) >= 11 is 0. The molecule has 0 atom stereocenters. The summed E-state index contributed by atoms with van der Waals surface area (Å²) < 4.78 is 0. The molecule has 0 unspecified atom stereocenters. The molecular formula is C56H40P+. The molecular weight excluding hydrogens is 704 g/mol. The number of benzene rings is 10. The smallest absolute Gasteiger partial charge is 0.0622 e. The van der Waals surface area contributed by atoms with Crippen LogP contribution >= 0.6 is 7.26 Å². The van der Waals surface area contributed by atoms with E-state index in [0.29, 0.717) is 0 Å². The molecule has 0 amide bonds. The zero-order valence-corrected chi connectivity index (χ0v) is 32.6. The molecule has 0 aromatic heterocycles. The fourth-order valence-corrected chi connectivity index (χ4v) is 15.3. The molecule has 0 nitrogen and oxygen atoms in total. The van der Waals surface area contributed by atoms with Crippen LogP contribution in [-0.2, 0) is 24.6 Å². The molecule has 0 N–H and O–H groups in total. The van der Waals surface area contributed by atoms with Gasteiger partial charge in [-0.3, -0.25) is 0 Å². The minimum atomic E-state index is -1.91. The van der Waals surface area contributed by atoms with E-state index in [2.05, 4.69) is 194 Å². The topological polar surface area (TPSA) is 0 Å². The fraction of sp³-hybridized carbons (Fsp3) is 0.0714. The minimum absolute atomic E-state index is 1.08. The Kier molecular flexibility index (Phi) is 7.41. The highest BCUT2D eigenvalue weighted by atomic mass is 31.2. The molecule has 1 spiro atoms. The van der Waals surface area contributed by atoms with Gasteiger partial charge < -0.3 is 0 Å². The van der Waals surface area contributed by atoms with Gasteiger partial charge in [0.1, 0.15) is 0 Å². The van der Waals surface area contributed by atoms with E-state index in [-0.39, 0.29) is 0 Å². The maximum Gasteiger partial charge on any atom is 0.0865 e. The molecule has 0 aliphatic carbocycles. The van der Waals surface area contributed by atoms with Crippen LogP contribution in [0.1, 0.15) is 22.3 Å². The number of rotatable bonds is 2. The molecule has 0 saturated heterocycles. The van der Waals surface area contributed by atoms with Gasteiger partial charge in [0.15, 0.2) is 0 Å². The molecule has 0 fully saturated rings. The second kappa shape index (κ2) is 12.9. The van der Waals surface area contributed by atoms with E-state index >= 15 is 0 Å². The van der Waals surface area contributed by atoms with E-state index in [4.69, 9.17) is 0 Å². The largest absolute Gasteiger partial charge is 0.0865 e. The van der Waals surface area contributed by atoms with Gasteiger partial charge in [0.25, 0.3) is 0 Å². The maximum absolute atomic E-state index is 2.51. The molecule has 0 radical (unpaired) electrons. The zero-order valence-electron chi connectivity index (χ0n) is 31.8. The van der Waals surface area contributed by atoms with Crippen LogP contribution in [0.3, 0.4) is 0 Å². The van der Waals surface area contributed by atoms with Crippen molar-refractivity contribution in [3.05, 3.63) is 216 Å². The van der Waals surface area contributed by atoms with Crippen molar-refractivity contribution in [2.45, 2.75) is 24.6 Å². The Bertz CT molecular complexity index is 3010. The summed E-state index contributed by atoms with van der Waals surface area (Å²) in [4.78, 5) is 0. The van der Waals surface area contributed by atoms with Gasteiger partial charge in [-0.15, -0.1) is 0 Å². The lowest BCUT2D eigenvalue weighted by Gasteiger charge is -2.28. The third kappa shape index (κ3) is 5.18. The van der Waals surface area contributed by atoms with E-state index in [0.717, 1.165) is 24.6 Å². The third-order valence-corrected chi connectivity index (χ3v) is 17.0. The lowest BCUT2D eigenvalue weighted by Crippen LogP contribution is -2.07. The highest BCUT2D eigenvalue weighted by Crippen LogP contribution is 2.74. The molecule has 0 bridgehead atoms. The Morgan fingerprint density at radius 2 is 0.632 bits per heavy atom. The van der Waals surface area contributed by atoms with E-state index in [1.165, 1.54) is 110 Å². The first-order valence-corrected chi connectivity index (χ1v) is 22.8. The molecule has 57 heavy (non-hydrogen) atoms. The van der Waals surface area contributed by atoms with Gasteiger partial charge >= 0.3 is 0 Å². The van der Waals surface area contributed by atoms with Gasteiger partial charge in [-0.05, 0) is 111 Å². The second-order valence-electron chi connectivity index (χ2n) is 16.3. The van der Waals surface area contributed by atoms with Crippen LogP contribution in [0.25, 0.3) is 87.6 Å². The van der Waals surface area contributed by atoms with Crippen LogP contribution in [0.15, 0.2) is 194 Å². The molecule has 12 rings (SSSR count). The summed E-state index contributed by atoms with van der Waals surface area (Å²) in [6.07, 6.45) is 4.34. The van der Waals surface area contributed by atoms with Gasteiger partial charge in [-0.1, -0.05) is 182 Å². The Hall–Kier alpha value is -6.33. The van der Waals surface area contributed by atoms with Crippen molar-refractivity contribution in [1.82, 2.24) is 0 Å². The standard InChI is InChI=1S/C56H40P/c1-3-15-37(16-4-1)49-31-41-21-9-13-25-47(41)55-51(49)35-57(36-52-50(38-17-5-2-6-18-38)32-42-22-10-14-26-48(42)56(52)55)33-43-29-27-39-19-7-11-23-45(39)53(43)54-44(34-57)30-28-40-20-8-12-24-46(40)54/h1-32H,33-36H2/q+1. The van der Waals surface area contributed by atoms with Crippen LogP contribution in [0.5, 0.6) is 0 Å². The molecule has 2 heterocycles. The first kappa shape index (κ1) is 32.9. The second-order valence-corrected chi connectivity index (χ2v) is 20.3. The van der Waals surface area contributed by atoms with Gasteiger partial charge in [-0.2, -0.15) is 0 Å². The van der Waals surface area contributed by atoms with Crippen molar-refractivity contribution in [3.63, 3.8) is 0 Å². The van der Waals surface area contributed by atoms with Gasteiger partial charge in [0.05, 0.1) is 24.6 Å². The average molecular weight is 744 g/mol. The lowest BCUT2D eigenvalue weighted by molar-refractivity contribution is 1.21. The van der Waals surface area contributed by atoms with Crippen LogP contribution in [-0.4, -0.2) is 0 Å². The summed E-state index contributed by atoms with van der Waals surface area (Å²) in [5.74, 6) is 0. The average Bonchev–Trinajstić information content (AvgIpc) is 3.51. The molecule has 10 aromatic carbocycles. The summed E-state index contributed by atoms with van der Waals surface area (Å²) in [6, 6.07) is 73.8. The minimum Gasteiger partial charge on any atom is -0.0622 e. The van der Waals surface area contributed by atoms with E-state index in [9.17, 15) is 0 Å². The number of hydrogen-bond donors (Lipinski definition) is 0. The highest BCUT2D eigenvalue weighted by molar-refractivity contribution is 7.73. The zero-order chi connectivity index (χ0) is 37.5. The van der Waals surface area contributed by atoms with Crippen molar-refractivity contribution in [2.75, 3.05) is 0 Å². The van der Waals surface area contributed by atoms with Gasteiger partial charge in [0, 0.05) is 18.4 Å². The van der Waals surface area contributed by atoms with Crippen molar-refractivity contribution in [3.8, 4) is 44.5 Å². The molecule has 2 aliphatic rings. The van der Waals surface area contributed by atoms with Gasteiger partial charge in [0.2, 0.25) is 0 Å². The summed E-state index contributed by atoms with van der Waals surface area (Å²) in [5, 5.41) is 10.7. The van der Waals surface area contributed by atoms with Crippen LogP contribution in [0.2, 0.25) is 0 Å². The Morgan fingerprint density at radius 1 is 0.281 bits per heavy atom. The Balaban J connectivity index is 1.25. The summed E-state index contributed by atoms with van der Waals surface area (Å²) in [5.41, 5.74) is 17.2. The normalized spacial score (nSPS) is 14.2. The predicted molar refractivity (Wildman–Crippen MR) is 246 cm³/mol. The van der Waals surface area contributed by atoms with Crippen LogP contribution < -0.4 is 0 Å². The van der Waals surface area contributed by atoms with Crippen molar-refractivity contribution >= 4 is 50.4 Å². The Morgan fingerprint density at radius 3 is 1.05 bits per heavy atom. The molecule has 268 valence electrons. The third-order valence-electron chi connectivity index (χ3n) is 13.0. The molecule has 2 aliphatic heterocycles. The maximum atomic E-state index is 2.51. The van der Waals surface area contributed by atoms with E-state index in [1.54, 1.807) is 0 Å². The van der Waals surface area contributed by atoms with E-state index in [1.807, 2.05) is 0 Å². The van der Waals surface area contributed by atoms with Crippen LogP contribution in [0, 0.1) is 0 Å². The molecule has 10 aromatic rings. The summed E-state index contributed by atoms with van der Waals surface area (Å²) in [6.45, 7) is 0. The fourth-order valence-electron chi connectivity index (χ4n) is 10.6. The predicted octanol–water partition coefficient (Wildman–Crippen LogP) is 15.7. The molecule has 0 saturated carbocycles. The van der Waals surface area contributed by atoms with E-state index < -0.39 is 7.26 Å².